The van der Waals surface area contributed by atoms with Crippen molar-refractivity contribution in [2.45, 2.75) is 79.0 Å². The zero-order valence-corrected chi connectivity index (χ0v) is 27.1. The molecule has 0 aromatic carbocycles. The number of pyridine rings is 1. The number of carbonyl (C=O) groups is 3. The highest BCUT2D eigenvalue weighted by molar-refractivity contribution is 6.08. The molecule has 5 rings (SSSR count). The molecule has 12 heteroatoms. The molecule has 3 aliphatic heterocycles. The molecule has 44 heavy (non-hydrogen) atoms. The Labute approximate surface area is 259 Å². The molecule has 3 amide bonds. The van der Waals surface area contributed by atoms with Gasteiger partial charge in [-0.25, -0.2) is 19.5 Å². The maximum Gasteiger partial charge on any atom is 0.410 e. The summed E-state index contributed by atoms with van der Waals surface area (Å²) >= 11 is 0. The number of piperazine rings is 1. The Morgan fingerprint density at radius 2 is 1.75 bits per heavy atom. The number of carbonyl (C=O) groups excluding carboxylic acids is 3. The van der Waals surface area contributed by atoms with Crippen molar-refractivity contribution < 1.29 is 19.1 Å². The van der Waals surface area contributed by atoms with Crippen LogP contribution in [0.15, 0.2) is 28.9 Å². The molecule has 0 saturated carbocycles. The van der Waals surface area contributed by atoms with E-state index in [2.05, 4.69) is 25.2 Å². The Morgan fingerprint density at radius 3 is 2.36 bits per heavy atom. The predicted molar refractivity (Wildman–Crippen MR) is 170 cm³/mol. The van der Waals surface area contributed by atoms with Crippen LogP contribution in [0, 0.1) is 5.92 Å². The van der Waals surface area contributed by atoms with E-state index in [1.807, 2.05) is 58.4 Å². The van der Waals surface area contributed by atoms with Gasteiger partial charge in [0.15, 0.2) is 5.65 Å². The molecule has 0 spiro atoms. The summed E-state index contributed by atoms with van der Waals surface area (Å²) < 4.78 is 7.40. The lowest BCUT2D eigenvalue weighted by atomic mass is 9.95. The minimum Gasteiger partial charge on any atom is -0.444 e. The molecule has 238 valence electrons. The summed E-state index contributed by atoms with van der Waals surface area (Å²) in [5.74, 6) is -0.206. The molecular formula is C32H46N8O4. The monoisotopic (exact) mass is 606 g/mol. The maximum absolute atomic E-state index is 13.6. The van der Waals surface area contributed by atoms with Crippen molar-refractivity contribution in [3.05, 3.63) is 29.5 Å². The van der Waals surface area contributed by atoms with Gasteiger partial charge in [-0.15, -0.1) is 0 Å². The van der Waals surface area contributed by atoms with Gasteiger partial charge in [-0.05, 0) is 73.5 Å². The van der Waals surface area contributed by atoms with Gasteiger partial charge >= 0.3 is 6.09 Å². The number of nitrogens with one attached hydrogen (secondary N) is 1. The highest BCUT2D eigenvalue weighted by Gasteiger charge is 2.32. The van der Waals surface area contributed by atoms with Gasteiger partial charge in [0, 0.05) is 63.6 Å². The first-order chi connectivity index (χ1) is 20.8. The second-order valence-corrected chi connectivity index (χ2v) is 13.4. The highest BCUT2D eigenvalue weighted by Crippen LogP contribution is 2.28. The van der Waals surface area contributed by atoms with Crippen molar-refractivity contribution in [2.75, 3.05) is 50.7 Å². The Kier molecular flexibility index (Phi) is 9.10. The Hall–Kier alpha value is -3.80. The third-order valence-electron chi connectivity index (χ3n) is 8.60. The fourth-order valence-corrected chi connectivity index (χ4v) is 6.24. The highest BCUT2D eigenvalue weighted by atomic mass is 16.6. The average molecular weight is 607 g/mol. The number of anilines is 1. The van der Waals surface area contributed by atoms with Gasteiger partial charge in [0.25, 0.3) is 11.8 Å². The van der Waals surface area contributed by atoms with Crippen LogP contribution in [0.5, 0.6) is 0 Å². The van der Waals surface area contributed by atoms with Crippen LogP contribution in [0.4, 0.5) is 10.6 Å². The summed E-state index contributed by atoms with van der Waals surface area (Å²) in [4.78, 5) is 54.2. The number of piperidine rings is 1. The van der Waals surface area contributed by atoms with Crippen LogP contribution < -0.4 is 10.2 Å². The van der Waals surface area contributed by atoms with Crippen molar-refractivity contribution in [3.8, 4) is 0 Å². The van der Waals surface area contributed by atoms with Gasteiger partial charge in [0.05, 0.1) is 23.1 Å². The second kappa shape index (κ2) is 12.7. The predicted octanol–water partition coefficient (Wildman–Crippen LogP) is 3.83. The molecule has 2 fully saturated rings. The fraction of sp³-hybridized carbons (Fsp3) is 0.625. The standard InChI is InChI=1S/C32H46N8O4/c1-20(2)40-28-26(19-34-40)24(29(41)33-18-25-21(3)16-22(4)35-30(25)42)17-27(36-28)38-10-8-23(9-11-38)37-12-14-39(15-13-37)31(43)44-32(5,6)7/h16-17,19-20,23,25H,8-15,18H2,1-7H3,(H,33,41). The van der Waals surface area contributed by atoms with Gasteiger partial charge in [-0.2, -0.15) is 5.10 Å². The van der Waals surface area contributed by atoms with Crippen molar-refractivity contribution in [2.24, 2.45) is 10.9 Å². The van der Waals surface area contributed by atoms with E-state index >= 15 is 0 Å². The van der Waals surface area contributed by atoms with Crippen LogP contribution in [0.2, 0.25) is 0 Å². The van der Waals surface area contributed by atoms with Gasteiger partial charge in [0.1, 0.15) is 11.4 Å². The number of ether oxygens (including phenoxy) is 1. The molecule has 1 unspecified atom stereocenters. The van der Waals surface area contributed by atoms with Crippen LogP contribution in [0.25, 0.3) is 11.0 Å². The Bertz CT molecular complexity index is 1470. The Morgan fingerprint density at radius 1 is 1.07 bits per heavy atom. The lowest BCUT2D eigenvalue weighted by Crippen LogP contribution is -2.55. The summed E-state index contributed by atoms with van der Waals surface area (Å²) in [6, 6.07) is 2.36. The van der Waals surface area contributed by atoms with Crippen molar-refractivity contribution in [1.29, 1.82) is 0 Å². The van der Waals surface area contributed by atoms with E-state index in [-0.39, 0.29) is 30.5 Å². The number of fused-ring (bicyclic) bond motifs is 1. The topological polar surface area (TPSA) is 125 Å². The van der Waals surface area contributed by atoms with Crippen LogP contribution in [0.3, 0.4) is 0 Å². The van der Waals surface area contributed by atoms with Crippen molar-refractivity contribution >= 4 is 40.5 Å². The number of hydrogen-bond donors (Lipinski definition) is 1. The molecule has 0 bridgehead atoms. The molecule has 1 atom stereocenters. The van der Waals surface area contributed by atoms with Crippen LogP contribution in [-0.4, -0.2) is 106 Å². The number of aliphatic imine (C=N–C) groups is 1. The lowest BCUT2D eigenvalue weighted by molar-refractivity contribution is -0.120. The molecular weight excluding hydrogens is 560 g/mol. The van der Waals surface area contributed by atoms with Crippen molar-refractivity contribution in [1.82, 2.24) is 29.9 Å². The average Bonchev–Trinajstić information content (AvgIpc) is 3.40. The maximum atomic E-state index is 13.6. The normalized spacial score (nSPS) is 20.6. The molecule has 0 aliphatic carbocycles. The zero-order valence-electron chi connectivity index (χ0n) is 27.1. The molecule has 3 aliphatic rings. The van der Waals surface area contributed by atoms with Crippen LogP contribution >= 0.6 is 0 Å². The number of amides is 3. The molecule has 12 nitrogen and oxygen atoms in total. The molecule has 2 saturated heterocycles. The summed E-state index contributed by atoms with van der Waals surface area (Å²) in [5.41, 5.74) is 2.26. The van der Waals surface area contributed by atoms with Gasteiger partial charge in [0.2, 0.25) is 0 Å². The van der Waals surface area contributed by atoms with Gasteiger partial charge in [-0.1, -0.05) is 5.57 Å². The molecule has 5 heterocycles. The van der Waals surface area contributed by atoms with Crippen molar-refractivity contribution in [3.63, 3.8) is 0 Å². The van der Waals surface area contributed by atoms with Crippen LogP contribution in [-0.2, 0) is 9.53 Å². The smallest absolute Gasteiger partial charge is 0.410 e. The third-order valence-corrected chi connectivity index (χ3v) is 8.60. The zero-order chi connectivity index (χ0) is 31.8. The first-order valence-electron chi connectivity index (χ1n) is 15.7. The van der Waals surface area contributed by atoms with Gasteiger partial charge in [-0.3, -0.25) is 14.5 Å². The molecule has 2 aromatic rings. The number of hydrogen-bond acceptors (Lipinski definition) is 8. The second-order valence-electron chi connectivity index (χ2n) is 13.4. The van der Waals surface area contributed by atoms with Crippen LogP contribution in [0.1, 0.15) is 77.7 Å². The Balaban J connectivity index is 1.26. The van der Waals surface area contributed by atoms with E-state index in [0.717, 1.165) is 50.4 Å². The number of aromatic nitrogens is 3. The van der Waals surface area contributed by atoms with E-state index in [1.54, 1.807) is 18.0 Å². The minimum atomic E-state index is -0.495. The quantitative estimate of drug-likeness (QED) is 0.526. The lowest BCUT2D eigenvalue weighted by Gasteiger charge is -2.43. The molecule has 0 radical (unpaired) electrons. The number of dihydropyridines is 1. The van der Waals surface area contributed by atoms with E-state index in [1.165, 1.54) is 0 Å². The van der Waals surface area contributed by atoms with E-state index in [0.29, 0.717) is 41.4 Å². The third kappa shape index (κ3) is 6.95. The number of rotatable bonds is 6. The first-order valence-corrected chi connectivity index (χ1v) is 15.7. The minimum absolute atomic E-state index is 0.0741. The fourth-order valence-electron chi connectivity index (χ4n) is 6.24. The number of nitrogens with zero attached hydrogens (tertiary/aromatic N) is 7. The summed E-state index contributed by atoms with van der Waals surface area (Å²) in [7, 11) is 0. The summed E-state index contributed by atoms with van der Waals surface area (Å²) in [5, 5.41) is 8.22. The van der Waals surface area contributed by atoms with Gasteiger partial charge < -0.3 is 19.9 Å². The van der Waals surface area contributed by atoms with E-state index in [9.17, 15) is 14.4 Å². The summed E-state index contributed by atoms with van der Waals surface area (Å²) in [6.45, 7) is 18.2. The number of allylic oxidation sites excluding steroid dienone is 1. The summed E-state index contributed by atoms with van der Waals surface area (Å²) in [6.07, 6.45) is 5.28. The van der Waals surface area contributed by atoms with E-state index < -0.39 is 11.5 Å². The molecule has 1 N–H and O–H groups in total. The van der Waals surface area contributed by atoms with E-state index in [4.69, 9.17) is 9.72 Å². The SMILES string of the molecule is CC1=CC(C)=NC(=O)C1CNC(=O)c1cc(N2CCC(N3CCN(C(=O)OC(C)(C)C)CC3)CC2)nc2c1cnn2C(C)C. The molecule has 2 aromatic heterocycles. The largest absolute Gasteiger partial charge is 0.444 e. The first kappa shape index (κ1) is 31.6.